The first-order valence-electron chi connectivity index (χ1n) is 5.11. The Morgan fingerprint density at radius 2 is 1.67 bits per heavy atom. The molecule has 2 fully saturated rings. The molecular formula is C9H19N3. The molecule has 0 spiro atoms. The molecule has 12 heavy (non-hydrogen) atoms. The predicted molar refractivity (Wildman–Crippen MR) is 50.3 cm³/mol. The summed E-state index contributed by atoms with van der Waals surface area (Å²) in [6, 6.07) is 0.737. The van der Waals surface area contributed by atoms with Gasteiger partial charge >= 0.3 is 0 Å². The zero-order chi connectivity index (χ0) is 8.23. The van der Waals surface area contributed by atoms with Crippen LogP contribution in [0.25, 0.3) is 0 Å². The van der Waals surface area contributed by atoms with Gasteiger partial charge in [-0.15, -0.1) is 0 Å². The second-order valence-corrected chi connectivity index (χ2v) is 3.85. The van der Waals surface area contributed by atoms with Gasteiger partial charge in [0.25, 0.3) is 0 Å². The molecule has 2 aliphatic rings. The molecule has 3 heteroatoms. The first-order chi connectivity index (χ1) is 5.97. The first kappa shape index (κ1) is 8.48. The molecule has 0 saturated carbocycles. The summed E-state index contributed by atoms with van der Waals surface area (Å²) in [4.78, 5) is 0. The van der Waals surface area contributed by atoms with Gasteiger partial charge in [0.15, 0.2) is 0 Å². The second kappa shape index (κ2) is 4.21. The molecule has 2 heterocycles. The number of hydrogen-bond acceptors (Lipinski definition) is 3. The van der Waals surface area contributed by atoms with Crippen LogP contribution >= 0.6 is 0 Å². The van der Waals surface area contributed by atoms with Crippen LogP contribution in [0, 0.1) is 5.92 Å². The normalized spacial score (nSPS) is 33.5. The lowest BCUT2D eigenvalue weighted by atomic mass is 9.89. The summed E-state index contributed by atoms with van der Waals surface area (Å²) in [7, 11) is 0. The van der Waals surface area contributed by atoms with Gasteiger partial charge in [0.05, 0.1) is 0 Å². The topological polar surface area (TPSA) is 36.1 Å². The van der Waals surface area contributed by atoms with Crippen molar-refractivity contribution in [1.82, 2.24) is 16.0 Å². The van der Waals surface area contributed by atoms with E-state index in [4.69, 9.17) is 0 Å². The van der Waals surface area contributed by atoms with Crippen molar-refractivity contribution in [2.24, 2.45) is 5.92 Å². The summed E-state index contributed by atoms with van der Waals surface area (Å²) >= 11 is 0. The van der Waals surface area contributed by atoms with Crippen molar-refractivity contribution in [2.75, 3.05) is 32.7 Å². The lowest BCUT2D eigenvalue weighted by Crippen LogP contribution is -2.53. The van der Waals surface area contributed by atoms with Gasteiger partial charge in [-0.25, -0.2) is 0 Å². The minimum atomic E-state index is 0.737. The number of nitrogens with one attached hydrogen (secondary N) is 3. The van der Waals surface area contributed by atoms with Gasteiger partial charge in [0.2, 0.25) is 0 Å². The van der Waals surface area contributed by atoms with E-state index in [1.54, 1.807) is 0 Å². The van der Waals surface area contributed by atoms with Crippen molar-refractivity contribution in [3.8, 4) is 0 Å². The molecule has 0 bridgehead atoms. The fourth-order valence-corrected chi connectivity index (χ4v) is 2.26. The van der Waals surface area contributed by atoms with E-state index in [0.29, 0.717) is 0 Å². The maximum Gasteiger partial charge on any atom is 0.0222 e. The first-order valence-corrected chi connectivity index (χ1v) is 5.11. The Balaban J connectivity index is 1.80. The van der Waals surface area contributed by atoms with Crippen LogP contribution in [-0.4, -0.2) is 38.8 Å². The van der Waals surface area contributed by atoms with E-state index in [9.17, 15) is 0 Å². The predicted octanol–water partition coefficient (Wildman–Crippen LogP) is -0.453. The molecule has 70 valence electrons. The number of hydrogen-bond donors (Lipinski definition) is 3. The van der Waals surface area contributed by atoms with Gasteiger partial charge in [-0.3, -0.25) is 0 Å². The van der Waals surface area contributed by atoms with Gasteiger partial charge in [-0.1, -0.05) is 0 Å². The zero-order valence-electron chi connectivity index (χ0n) is 7.60. The van der Waals surface area contributed by atoms with Gasteiger partial charge in [0, 0.05) is 25.7 Å². The van der Waals surface area contributed by atoms with Gasteiger partial charge in [0.1, 0.15) is 0 Å². The van der Waals surface area contributed by atoms with Gasteiger partial charge in [-0.05, 0) is 31.8 Å². The molecule has 2 rings (SSSR count). The largest absolute Gasteiger partial charge is 0.317 e. The molecular weight excluding hydrogens is 150 g/mol. The van der Waals surface area contributed by atoms with Crippen LogP contribution in [0.3, 0.4) is 0 Å². The Bertz CT molecular complexity index is 110. The molecule has 0 radical (unpaired) electrons. The molecule has 1 atom stereocenters. The van der Waals surface area contributed by atoms with E-state index < -0.39 is 0 Å². The SMILES string of the molecule is C1CC(C2CNCCN2)CCN1. The maximum atomic E-state index is 3.60. The standard InChI is InChI=1S/C9H19N3/c1-3-10-4-2-8(1)9-7-11-5-6-12-9/h8-12H,1-7H2. The highest BCUT2D eigenvalue weighted by Crippen LogP contribution is 2.16. The average molecular weight is 169 g/mol. The van der Waals surface area contributed by atoms with Crippen LogP contribution in [0.1, 0.15) is 12.8 Å². The molecule has 2 saturated heterocycles. The summed E-state index contributed by atoms with van der Waals surface area (Å²) in [6.07, 6.45) is 2.69. The Morgan fingerprint density at radius 1 is 0.833 bits per heavy atom. The summed E-state index contributed by atoms with van der Waals surface area (Å²) in [5, 5.41) is 10.5. The third-order valence-electron chi connectivity index (χ3n) is 3.03. The van der Waals surface area contributed by atoms with Crippen molar-refractivity contribution in [2.45, 2.75) is 18.9 Å². The van der Waals surface area contributed by atoms with Crippen LogP contribution in [0.5, 0.6) is 0 Å². The molecule has 0 aromatic rings. The van der Waals surface area contributed by atoms with Crippen molar-refractivity contribution >= 4 is 0 Å². The molecule has 2 aliphatic heterocycles. The van der Waals surface area contributed by atoms with Crippen molar-refractivity contribution < 1.29 is 0 Å². The smallest absolute Gasteiger partial charge is 0.0222 e. The number of rotatable bonds is 1. The van der Waals surface area contributed by atoms with E-state index in [1.165, 1.54) is 32.5 Å². The zero-order valence-corrected chi connectivity index (χ0v) is 7.60. The van der Waals surface area contributed by atoms with E-state index in [0.717, 1.165) is 25.0 Å². The number of piperidine rings is 1. The molecule has 0 aliphatic carbocycles. The highest BCUT2D eigenvalue weighted by molar-refractivity contribution is 4.84. The molecule has 0 aromatic heterocycles. The average Bonchev–Trinajstić information content (AvgIpc) is 2.21. The lowest BCUT2D eigenvalue weighted by Gasteiger charge is -2.34. The molecule has 3 N–H and O–H groups in total. The highest BCUT2D eigenvalue weighted by atomic mass is 15.1. The van der Waals surface area contributed by atoms with Crippen molar-refractivity contribution in [3.63, 3.8) is 0 Å². The van der Waals surface area contributed by atoms with Gasteiger partial charge in [-0.2, -0.15) is 0 Å². The minimum absolute atomic E-state index is 0.737. The van der Waals surface area contributed by atoms with Crippen LogP contribution in [0.2, 0.25) is 0 Å². The minimum Gasteiger partial charge on any atom is -0.317 e. The van der Waals surface area contributed by atoms with Crippen LogP contribution < -0.4 is 16.0 Å². The van der Waals surface area contributed by atoms with Crippen LogP contribution in [0.4, 0.5) is 0 Å². The van der Waals surface area contributed by atoms with E-state index in [1.807, 2.05) is 0 Å². The summed E-state index contributed by atoms with van der Waals surface area (Å²) in [5.41, 5.74) is 0. The third kappa shape index (κ3) is 1.97. The summed E-state index contributed by atoms with van der Waals surface area (Å²) in [6.45, 7) is 5.88. The van der Waals surface area contributed by atoms with E-state index >= 15 is 0 Å². The quantitative estimate of drug-likeness (QED) is 0.497. The monoisotopic (exact) mass is 169 g/mol. The summed E-state index contributed by atoms with van der Waals surface area (Å²) in [5.74, 6) is 0.902. The molecule has 3 nitrogen and oxygen atoms in total. The van der Waals surface area contributed by atoms with Crippen LogP contribution in [0.15, 0.2) is 0 Å². The Kier molecular flexibility index (Phi) is 2.98. The fourth-order valence-electron chi connectivity index (χ4n) is 2.26. The van der Waals surface area contributed by atoms with E-state index in [-0.39, 0.29) is 0 Å². The maximum absolute atomic E-state index is 3.60. The third-order valence-corrected chi connectivity index (χ3v) is 3.03. The molecule has 1 unspecified atom stereocenters. The van der Waals surface area contributed by atoms with Crippen molar-refractivity contribution in [1.29, 1.82) is 0 Å². The molecule has 0 amide bonds. The molecule has 0 aromatic carbocycles. The Morgan fingerprint density at radius 3 is 2.33 bits per heavy atom. The highest BCUT2D eigenvalue weighted by Gasteiger charge is 2.23. The van der Waals surface area contributed by atoms with Gasteiger partial charge < -0.3 is 16.0 Å². The second-order valence-electron chi connectivity index (χ2n) is 3.85. The lowest BCUT2D eigenvalue weighted by molar-refractivity contribution is 0.254. The van der Waals surface area contributed by atoms with Crippen LogP contribution in [-0.2, 0) is 0 Å². The van der Waals surface area contributed by atoms with Crippen molar-refractivity contribution in [3.05, 3.63) is 0 Å². The van der Waals surface area contributed by atoms with E-state index in [2.05, 4.69) is 16.0 Å². The summed E-state index contributed by atoms with van der Waals surface area (Å²) < 4.78 is 0. The number of piperazine rings is 1. The fraction of sp³-hybridized carbons (Fsp3) is 1.00. The Labute approximate surface area is 74.3 Å². The Hall–Kier alpha value is -0.120.